The number of carbonyl (C=O) groups is 1. The molecule has 1 aliphatic rings. The lowest BCUT2D eigenvalue weighted by Gasteiger charge is -2.20. The topological polar surface area (TPSA) is 83.0 Å². The van der Waals surface area contributed by atoms with E-state index < -0.39 is 5.88 Å². The van der Waals surface area contributed by atoms with Gasteiger partial charge in [-0.3, -0.25) is 14.3 Å². The molecule has 114 valence electrons. The van der Waals surface area contributed by atoms with E-state index in [1.807, 2.05) is 6.92 Å². The Hall–Kier alpha value is -1.74. The molecule has 0 saturated carbocycles. The third-order valence-electron chi connectivity index (χ3n) is 3.19. The van der Waals surface area contributed by atoms with Gasteiger partial charge in [-0.05, 0) is 26.1 Å². The maximum Gasteiger partial charge on any atom is 0.277 e. The highest BCUT2D eigenvalue weighted by Crippen LogP contribution is 2.31. The highest BCUT2D eigenvalue weighted by molar-refractivity contribution is 8.15. The second kappa shape index (κ2) is 5.57. The molecule has 9 heteroatoms. The molecule has 2 heterocycles. The summed E-state index contributed by atoms with van der Waals surface area (Å²) in [6.07, 6.45) is 1.63. The van der Waals surface area contributed by atoms with E-state index in [-0.39, 0.29) is 27.9 Å². The van der Waals surface area contributed by atoms with Crippen molar-refractivity contribution in [3.05, 3.63) is 17.4 Å². The van der Waals surface area contributed by atoms with Crippen LogP contribution in [0.3, 0.4) is 0 Å². The average molecular weight is 328 g/mol. The minimum atomic E-state index is -0.464. The van der Waals surface area contributed by atoms with Crippen LogP contribution in [-0.2, 0) is 11.8 Å². The number of rotatable bonds is 3. The number of carbonyl (C=O) groups excluding carboxylic acids is 1. The predicted molar refractivity (Wildman–Crippen MR) is 84.0 cm³/mol. The van der Waals surface area contributed by atoms with Crippen molar-refractivity contribution in [1.29, 1.82) is 0 Å². The van der Waals surface area contributed by atoms with Gasteiger partial charge in [-0.15, -0.1) is 11.7 Å². The standard InChI is InChI=1S/C12H16N4O3S2/c1-5-6(2)15-8(17)7(3)21-11(15)13-16-10(19)9(18)14(4)12(16)20/h5-7,18-19H,1H2,2-4H3. The zero-order valence-electron chi connectivity index (χ0n) is 11.8. The Morgan fingerprint density at radius 2 is 2.10 bits per heavy atom. The second-order valence-electron chi connectivity index (χ2n) is 4.63. The highest BCUT2D eigenvalue weighted by Gasteiger charge is 2.37. The van der Waals surface area contributed by atoms with Crippen molar-refractivity contribution < 1.29 is 15.0 Å². The quantitative estimate of drug-likeness (QED) is 0.651. The Labute approximate surface area is 131 Å². The van der Waals surface area contributed by atoms with Crippen molar-refractivity contribution in [1.82, 2.24) is 14.1 Å². The van der Waals surface area contributed by atoms with E-state index in [0.717, 1.165) is 4.68 Å². The van der Waals surface area contributed by atoms with Gasteiger partial charge in [0.05, 0.1) is 11.3 Å². The van der Waals surface area contributed by atoms with Crippen LogP contribution in [0.25, 0.3) is 0 Å². The van der Waals surface area contributed by atoms with Crippen LogP contribution < -0.4 is 0 Å². The summed E-state index contributed by atoms with van der Waals surface area (Å²) in [6.45, 7) is 7.28. The molecule has 2 unspecified atom stereocenters. The first-order chi connectivity index (χ1) is 9.79. The van der Waals surface area contributed by atoms with E-state index in [0.29, 0.717) is 5.17 Å². The molecule has 2 rings (SSSR count). The molecule has 2 N–H and O–H groups in total. The molecule has 0 aromatic carbocycles. The maximum atomic E-state index is 12.2. The molecule has 0 spiro atoms. The molecule has 1 fully saturated rings. The zero-order chi connectivity index (χ0) is 15.9. The van der Waals surface area contributed by atoms with Gasteiger partial charge in [0.15, 0.2) is 5.17 Å². The SMILES string of the molecule is C=CC(C)N1C(=O)C(C)SC1=Nn1c(O)c(O)n(C)c1=S. The van der Waals surface area contributed by atoms with E-state index in [1.165, 1.54) is 28.3 Å². The lowest BCUT2D eigenvalue weighted by molar-refractivity contribution is -0.126. The van der Waals surface area contributed by atoms with Crippen LogP contribution in [-0.4, -0.2) is 46.7 Å². The first-order valence-corrected chi connectivity index (χ1v) is 7.49. The lowest BCUT2D eigenvalue weighted by atomic mass is 10.3. The largest absolute Gasteiger partial charge is 0.491 e. The first-order valence-electron chi connectivity index (χ1n) is 6.20. The Balaban J connectivity index is 2.54. The Kier molecular flexibility index (Phi) is 4.15. The minimum Gasteiger partial charge on any atom is -0.491 e. The number of amidine groups is 1. The van der Waals surface area contributed by atoms with E-state index in [1.54, 1.807) is 13.0 Å². The average Bonchev–Trinajstić information content (AvgIpc) is 2.83. The molecule has 1 aliphatic heterocycles. The fourth-order valence-corrected chi connectivity index (χ4v) is 3.09. The molecule has 1 aromatic heterocycles. The first kappa shape index (κ1) is 15.6. The van der Waals surface area contributed by atoms with Crippen LogP contribution in [0.1, 0.15) is 13.8 Å². The number of thioether (sulfide) groups is 1. The molecule has 1 saturated heterocycles. The van der Waals surface area contributed by atoms with Gasteiger partial charge in [0.2, 0.25) is 10.7 Å². The van der Waals surface area contributed by atoms with Crippen molar-refractivity contribution in [3.8, 4) is 11.8 Å². The smallest absolute Gasteiger partial charge is 0.277 e. The molecule has 7 nitrogen and oxygen atoms in total. The summed E-state index contributed by atoms with van der Waals surface area (Å²) in [5, 5.41) is 23.8. The number of hydrogen-bond acceptors (Lipinski definition) is 6. The second-order valence-corrected chi connectivity index (χ2v) is 6.30. The van der Waals surface area contributed by atoms with Gasteiger partial charge < -0.3 is 10.2 Å². The molecular weight excluding hydrogens is 312 g/mol. The number of amides is 1. The molecule has 1 amide bonds. The number of imidazole rings is 1. The zero-order valence-corrected chi connectivity index (χ0v) is 13.5. The van der Waals surface area contributed by atoms with Crippen molar-refractivity contribution in [2.24, 2.45) is 12.1 Å². The van der Waals surface area contributed by atoms with Gasteiger partial charge in [-0.25, -0.2) is 0 Å². The summed E-state index contributed by atoms with van der Waals surface area (Å²) >= 11 is 6.36. The van der Waals surface area contributed by atoms with E-state index >= 15 is 0 Å². The lowest BCUT2D eigenvalue weighted by Crippen LogP contribution is -2.38. The molecule has 0 aliphatic carbocycles. The number of hydrogen-bond donors (Lipinski definition) is 2. The summed E-state index contributed by atoms with van der Waals surface area (Å²) in [4.78, 5) is 13.7. The number of nitrogens with zero attached hydrogens (tertiary/aromatic N) is 4. The van der Waals surface area contributed by atoms with Gasteiger partial charge in [0.25, 0.3) is 11.8 Å². The summed E-state index contributed by atoms with van der Waals surface area (Å²) in [5.74, 6) is -0.929. The number of aromatic hydroxyl groups is 2. The summed E-state index contributed by atoms with van der Waals surface area (Å²) < 4.78 is 2.37. The molecular formula is C12H16N4O3S2. The molecule has 2 atom stereocenters. The molecule has 0 radical (unpaired) electrons. The van der Waals surface area contributed by atoms with Crippen molar-refractivity contribution in [3.63, 3.8) is 0 Å². The minimum absolute atomic E-state index is 0.0858. The van der Waals surface area contributed by atoms with Crippen LogP contribution >= 0.6 is 24.0 Å². The maximum absolute atomic E-state index is 12.2. The number of aromatic nitrogens is 2. The summed E-state index contributed by atoms with van der Waals surface area (Å²) in [7, 11) is 1.51. The summed E-state index contributed by atoms with van der Waals surface area (Å²) in [5.41, 5.74) is 0. The third kappa shape index (κ3) is 2.46. The Bertz CT molecular complexity index is 691. The summed E-state index contributed by atoms with van der Waals surface area (Å²) in [6, 6.07) is -0.234. The van der Waals surface area contributed by atoms with Crippen molar-refractivity contribution >= 4 is 35.1 Å². The van der Waals surface area contributed by atoms with Crippen LogP contribution in [0.4, 0.5) is 0 Å². The third-order valence-corrected chi connectivity index (χ3v) is 4.68. The molecule has 1 aromatic rings. The fraction of sp³-hybridized carbons (Fsp3) is 0.417. The van der Waals surface area contributed by atoms with Gasteiger partial charge in [-0.2, -0.15) is 4.68 Å². The Morgan fingerprint density at radius 3 is 2.57 bits per heavy atom. The molecule has 0 bridgehead atoms. The van der Waals surface area contributed by atoms with Gasteiger partial charge in [-0.1, -0.05) is 17.8 Å². The van der Waals surface area contributed by atoms with Crippen molar-refractivity contribution in [2.75, 3.05) is 0 Å². The normalized spacial score (nSPS) is 22.0. The molecule has 21 heavy (non-hydrogen) atoms. The van der Waals surface area contributed by atoms with E-state index in [2.05, 4.69) is 11.7 Å². The predicted octanol–water partition coefficient (Wildman–Crippen LogP) is 1.62. The van der Waals surface area contributed by atoms with E-state index in [4.69, 9.17) is 12.2 Å². The van der Waals surface area contributed by atoms with Gasteiger partial charge >= 0.3 is 0 Å². The fourth-order valence-electron chi connectivity index (χ4n) is 1.85. The monoisotopic (exact) mass is 328 g/mol. The van der Waals surface area contributed by atoms with Crippen LogP contribution in [0.15, 0.2) is 17.8 Å². The van der Waals surface area contributed by atoms with Gasteiger partial charge in [0, 0.05) is 7.05 Å². The van der Waals surface area contributed by atoms with Gasteiger partial charge in [0.1, 0.15) is 0 Å². The van der Waals surface area contributed by atoms with Crippen LogP contribution in [0.5, 0.6) is 11.8 Å². The Morgan fingerprint density at radius 1 is 1.48 bits per heavy atom. The van der Waals surface area contributed by atoms with Crippen molar-refractivity contribution in [2.45, 2.75) is 25.1 Å². The van der Waals surface area contributed by atoms with Crippen LogP contribution in [0.2, 0.25) is 0 Å². The van der Waals surface area contributed by atoms with E-state index in [9.17, 15) is 15.0 Å². The van der Waals surface area contributed by atoms with Crippen LogP contribution in [0, 0.1) is 4.77 Å². The highest BCUT2D eigenvalue weighted by atomic mass is 32.2.